The number of hydrogen-bond acceptors (Lipinski definition) is 5. The van der Waals surface area contributed by atoms with Crippen LogP contribution < -0.4 is 24.8 Å². The lowest BCUT2D eigenvalue weighted by molar-refractivity contribution is -0.123. The van der Waals surface area contributed by atoms with Gasteiger partial charge in [0.2, 0.25) is 18.6 Å². The van der Waals surface area contributed by atoms with Crippen LogP contribution in [0.3, 0.4) is 0 Å². The molecule has 0 saturated heterocycles. The van der Waals surface area contributed by atoms with Crippen LogP contribution in [-0.2, 0) is 9.59 Å². The predicted molar refractivity (Wildman–Crippen MR) is 86.0 cm³/mol. The molecule has 0 aromatic heterocycles. The minimum absolute atomic E-state index is 0.0569. The maximum atomic E-state index is 11.7. The average Bonchev–Trinajstić information content (AvgIpc) is 3.12. The third kappa shape index (κ3) is 4.31. The van der Waals surface area contributed by atoms with Crippen LogP contribution in [0.25, 0.3) is 0 Å². The first-order valence-electron chi connectivity index (χ1n) is 8.20. The lowest BCUT2D eigenvalue weighted by Crippen LogP contribution is -2.33. The van der Waals surface area contributed by atoms with Crippen LogP contribution in [0.15, 0.2) is 18.2 Å². The van der Waals surface area contributed by atoms with Gasteiger partial charge in [-0.15, -0.1) is 0 Å². The Labute approximate surface area is 140 Å². The van der Waals surface area contributed by atoms with E-state index in [1.807, 2.05) is 0 Å². The number of ether oxygens (including phenoxy) is 3. The molecule has 7 nitrogen and oxygen atoms in total. The largest absolute Gasteiger partial charge is 0.492 e. The Hall–Kier alpha value is -2.44. The van der Waals surface area contributed by atoms with Crippen molar-refractivity contribution in [2.75, 3.05) is 26.5 Å². The lowest BCUT2D eigenvalue weighted by atomic mass is 10.3. The van der Waals surface area contributed by atoms with E-state index >= 15 is 0 Å². The molecule has 24 heavy (non-hydrogen) atoms. The van der Waals surface area contributed by atoms with E-state index in [1.54, 1.807) is 18.2 Å². The highest BCUT2D eigenvalue weighted by Gasteiger charge is 2.38. The summed E-state index contributed by atoms with van der Waals surface area (Å²) in [5.74, 6) is 2.61. The first-order valence-corrected chi connectivity index (χ1v) is 8.20. The molecule has 2 atom stereocenters. The minimum Gasteiger partial charge on any atom is -0.492 e. The molecular weight excluding hydrogens is 312 g/mol. The molecule has 1 saturated carbocycles. The van der Waals surface area contributed by atoms with Crippen LogP contribution in [0.4, 0.5) is 0 Å². The molecule has 2 amide bonds. The van der Waals surface area contributed by atoms with Gasteiger partial charge in [0, 0.05) is 24.9 Å². The highest BCUT2D eigenvalue weighted by Crippen LogP contribution is 2.37. The van der Waals surface area contributed by atoms with Crippen molar-refractivity contribution in [1.29, 1.82) is 0 Å². The topological polar surface area (TPSA) is 85.9 Å². The van der Waals surface area contributed by atoms with Gasteiger partial charge in [-0.05, 0) is 24.5 Å². The summed E-state index contributed by atoms with van der Waals surface area (Å²) in [6.45, 7) is 3.41. The summed E-state index contributed by atoms with van der Waals surface area (Å²) in [5.41, 5.74) is 0. The van der Waals surface area contributed by atoms with E-state index in [9.17, 15) is 9.59 Å². The van der Waals surface area contributed by atoms with Gasteiger partial charge in [0.25, 0.3) is 0 Å². The van der Waals surface area contributed by atoms with Crippen molar-refractivity contribution in [2.24, 2.45) is 11.8 Å². The fourth-order valence-electron chi connectivity index (χ4n) is 2.53. The predicted octanol–water partition coefficient (Wildman–Crippen LogP) is 1.07. The Morgan fingerprint density at radius 1 is 1.21 bits per heavy atom. The zero-order chi connectivity index (χ0) is 16.9. The zero-order valence-electron chi connectivity index (χ0n) is 13.7. The molecule has 130 valence electrons. The molecule has 0 spiro atoms. The van der Waals surface area contributed by atoms with E-state index < -0.39 is 0 Å². The lowest BCUT2D eigenvalue weighted by Gasteiger charge is -2.09. The maximum Gasteiger partial charge on any atom is 0.231 e. The number of hydrogen-bond donors (Lipinski definition) is 2. The van der Waals surface area contributed by atoms with Crippen LogP contribution >= 0.6 is 0 Å². The highest BCUT2D eigenvalue weighted by atomic mass is 16.7. The second kappa shape index (κ2) is 7.42. The van der Waals surface area contributed by atoms with Gasteiger partial charge in [-0.2, -0.15) is 0 Å². The number of amides is 2. The van der Waals surface area contributed by atoms with Gasteiger partial charge >= 0.3 is 0 Å². The molecule has 1 fully saturated rings. The van der Waals surface area contributed by atoms with Gasteiger partial charge in [-0.25, -0.2) is 0 Å². The summed E-state index contributed by atoms with van der Waals surface area (Å²) in [6.07, 6.45) is 1.23. The van der Waals surface area contributed by atoms with Crippen molar-refractivity contribution in [1.82, 2.24) is 10.6 Å². The van der Waals surface area contributed by atoms with Gasteiger partial charge in [0.15, 0.2) is 11.5 Å². The smallest absolute Gasteiger partial charge is 0.231 e. The summed E-state index contributed by atoms with van der Waals surface area (Å²) in [5, 5.41) is 5.55. The third-order valence-electron chi connectivity index (χ3n) is 4.13. The second-order valence-corrected chi connectivity index (χ2v) is 6.07. The number of benzene rings is 1. The minimum atomic E-state index is -0.103. The Bertz CT molecular complexity index is 619. The standard InChI is InChI=1S/C17H22N2O5/c1-11-8-13(11)17(21)19-5-4-16(20)18-6-7-22-12-2-3-14-15(9-12)24-10-23-14/h2-3,9,11,13H,4-8,10H2,1H3,(H,18,20)(H,19,21)/t11-,13+/m1/s1. The quantitative estimate of drug-likeness (QED) is 0.695. The van der Waals surface area contributed by atoms with Gasteiger partial charge < -0.3 is 24.8 Å². The van der Waals surface area contributed by atoms with Crippen LogP contribution in [0.2, 0.25) is 0 Å². The molecule has 0 radical (unpaired) electrons. The summed E-state index contributed by atoms with van der Waals surface area (Å²) >= 11 is 0. The van der Waals surface area contributed by atoms with Crippen LogP contribution in [0.5, 0.6) is 17.2 Å². The van der Waals surface area contributed by atoms with Crippen molar-refractivity contribution in [3.05, 3.63) is 18.2 Å². The van der Waals surface area contributed by atoms with E-state index in [-0.39, 0.29) is 30.9 Å². The molecular formula is C17H22N2O5. The fraction of sp³-hybridized carbons (Fsp3) is 0.529. The second-order valence-electron chi connectivity index (χ2n) is 6.07. The fourth-order valence-corrected chi connectivity index (χ4v) is 2.53. The van der Waals surface area contributed by atoms with Crippen molar-refractivity contribution in [2.45, 2.75) is 19.8 Å². The summed E-state index contributed by atoms with van der Waals surface area (Å²) in [7, 11) is 0. The summed E-state index contributed by atoms with van der Waals surface area (Å²) < 4.78 is 16.0. The first-order chi connectivity index (χ1) is 11.6. The highest BCUT2D eigenvalue weighted by molar-refractivity contribution is 5.82. The number of rotatable bonds is 8. The molecule has 3 rings (SSSR count). The molecule has 2 N–H and O–H groups in total. The van der Waals surface area contributed by atoms with Gasteiger partial charge in [-0.1, -0.05) is 6.92 Å². The normalized spacial score (nSPS) is 20.4. The van der Waals surface area contributed by atoms with Crippen LogP contribution in [0.1, 0.15) is 19.8 Å². The summed E-state index contributed by atoms with van der Waals surface area (Å²) in [4.78, 5) is 23.3. The Morgan fingerprint density at radius 3 is 2.79 bits per heavy atom. The van der Waals surface area contributed by atoms with Crippen molar-refractivity contribution >= 4 is 11.8 Å². The zero-order valence-corrected chi connectivity index (χ0v) is 13.7. The molecule has 7 heteroatoms. The first kappa shape index (κ1) is 16.4. The Kier molecular flexibility index (Phi) is 5.08. The third-order valence-corrected chi connectivity index (χ3v) is 4.13. The van der Waals surface area contributed by atoms with Crippen molar-refractivity contribution in [3.8, 4) is 17.2 Å². The van der Waals surface area contributed by atoms with E-state index in [0.29, 0.717) is 42.9 Å². The Balaban J connectivity index is 1.26. The van der Waals surface area contributed by atoms with Gasteiger partial charge in [0.05, 0.1) is 6.54 Å². The molecule has 1 aromatic rings. The SMILES string of the molecule is C[C@@H]1C[C@@H]1C(=O)NCCC(=O)NCCOc1ccc2c(c1)OCO2. The van der Waals surface area contributed by atoms with E-state index in [0.717, 1.165) is 6.42 Å². The molecule has 0 unspecified atom stereocenters. The number of fused-ring (bicyclic) bond motifs is 1. The van der Waals surface area contributed by atoms with Crippen LogP contribution in [0, 0.1) is 11.8 Å². The van der Waals surface area contributed by atoms with Crippen LogP contribution in [-0.4, -0.2) is 38.3 Å². The number of nitrogens with one attached hydrogen (secondary N) is 2. The molecule has 1 aromatic carbocycles. The van der Waals surface area contributed by atoms with Crippen molar-refractivity contribution in [3.63, 3.8) is 0 Å². The molecule has 2 aliphatic rings. The van der Waals surface area contributed by atoms with Gasteiger partial charge in [-0.3, -0.25) is 9.59 Å². The Morgan fingerprint density at radius 2 is 2.00 bits per heavy atom. The summed E-state index contributed by atoms with van der Waals surface area (Å²) in [6, 6.07) is 5.35. The number of carbonyl (C=O) groups excluding carboxylic acids is 2. The monoisotopic (exact) mass is 334 g/mol. The van der Waals surface area contributed by atoms with Crippen molar-refractivity contribution < 1.29 is 23.8 Å². The molecule has 0 bridgehead atoms. The van der Waals surface area contributed by atoms with Gasteiger partial charge in [0.1, 0.15) is 12.4 Å². The number of carbonyl (C=O) groups is 2. The van der Waals surface area contributed by atoms with E-state index in [4.69, 9.17) is 14.2 Å². The molecule has 1 aliphatic carbocycles. The molecule has 1 aliphatic heterocycles. The van der Waals surface area contributed by atoms with E-state index in [1.165, 1.54) is 0 Å². The average molecular weight is 334 g/mol. The maximum absolute atomic E-state index is 11.7. The van der Waals surface area contributed by atoms with E-state index in [2.05, 4.69) is 17.6 Å². The molecule has 1 heterocycles.